The molecule has 0 radical (unpaired) electrons. The van der Waals surface area contributed by atoms with Crippen LogP contribution in [-0.4, -0.2) is 31.4 Å². The van der Waals surface area contributed by atoms with Crippen molar-refractivity contribution < 1.29 is 8.42 Å². The SMILES string of the molecule is CCNc1ccccc1S(=O)(=O)N1CCCC1(C)C. The molecular formula is C14H22N2O2S. The van der Waals surface area contributed by atoms with Gasteiger partial charge in [0, 0.05) is 18.6 Å². The van der Waals surface area contributed by atoms with E-state index in [0.29, 0.717) is 23.7 Å². The molecule has 0 aromatic heterocycles. The van der Waals surface area contributed by atoms with Crippen LogP contribution in [0.1, 0.15) is 33.6 Å². The van der Waals surface area contributed by atoms with Gasteiger partial charge in [0.25, 0.3) is 0 Å². The first kappa shape index (κ1) is 14.3. The Kier molecular flexibility index (Phi) is 3.87. The normalized spacial score (nSPS) is 19.5. The average Bonchev–Trinajstić information content (AvgIpc) is 2.70. The molecule has 106 valence electrons. The van der Waals surface area contributed by atoms with E-state index in [4.69, 9.17) is 0 Å². The number of anilines is 1. The second-order valence-corrected chi connectivity index (χ2v) is 7.35. The van der Waals surface area contributed by atoms with Crippen molar-refractivity contribution in [1.29, 1.82) is 0 Å². The van der Waals surface area contributed by atoms with Crippen molar-refractivity contribution in [1.82, 2.24) is 4.31 Å². The van der Waals surface area contributed by atoms with E-state index in [1.54, 1.807) is 16.4 Å². The molecule has 0 unspecified atom stereocenters. The lowest BCUT2D eigenvalue weighted by atomic mass is 10.0. The van der Waals surface area contributed by atoms with Crippen molar-refractivity contribution in [2.24, 2.45) is 0 Å². The maximum absolute atomic E-state index is 12.8. The third-order valence-electron chi connectivity index (χ3n) is 3.65. The van der Waals surface area contributed by atoms with Crippen LogP contribution < -0.4 is 5.32 Å². The van der Waals surface area contributed by atoms with Gasteiger partial charge in [-0.25, -0.2) is 8.42 Å². The Hall–Kier alpha value is -1.07. The Morgan fingerprint density at radius 3 is 2.58 bits per heavy atom. The van der Waals surface area contributed by atoms with E-state index in [1.807, 2.05) is 32.9 Å². The molecule has 2 rings (SSSR count). The first-order chi connectivity index (χ1) is 8.89. The second kappa shape index (κ2) is 5.13. The summed E-state index contributed by atoms with van der Waals surface area (Å²) in [6.07, 6.45) is 1.84. The summed E-state index contributed by atoms with van der Waals surface area (Å²) < 4.78 is 27.3. The quantitative estimate of drug-likeness (QED) is 0.923. The molecule has 19 heavy (non-hydrogen) atoms. The molecule has 1 aromatic rings. The molecule has 0 bridgehead atoms. The summed E-state index contributed by atoms with van der Waals surface area (Å²) in [5, 5.41) is 3.13. The molecular weight excluding hydrogens is 260 g/mol. The van der Waals surface area contributed by atoms with Crippen LogP contribution in [0.2, 0.25) is 0 Å². The van der Waals surface area contributed by atoms with Crippen LogP contribution in [0, 0.1) is 0 Å². The minimum atomic E-state index is -3.43. The summed E-state index contributed by atoms with van der Waals surface area (Å²) >= 11 is 0. The zero-order chi connectivity index (χ0) is 14.1. The van der Waals surface area contributed by atoms with Gasteiger partial charge in [-0.3, -0.25) is 0 Å². The van der Waals surface area contributed by atoms with Crippen LogP contribution >= 0.6 is 0 Å². The van der Waals surface area contributed by atoms with Gasteiger partial charge in [0.15, 0.2) is 0 Å². The Morgan fingerprint density at radius 1 is 1.32 bits per heavy atom. The minimum absolute atomic E-state index is 0.293. The standard InChI is InChI=1S/C14H22N2O2S/c1-4-15-12-8-5-6-9-13(12)19(17,18)16-11-7-10-14(16,2)3/h5-6,8-9,15H,4,7,10-11H2,1-3H3. The second-order valence-electron chi connectivity index (χ2n) is 5.52. The monoisotopic (exact) mass is 282 g/mol. The average molecular weight is 282 g/mol. The van der Waals surface area contributed by atoms with Gasteiger partial charge in [-0.2, -0.15) is 4.31 Å². The van der Waals surface area contributed by atoms with E-state index >= 15 is 0 Å². The van der Waals surface area contributed by atoms with Crippen LogP contribution in [0.5, 0.6) is 0 Å². The molecule has 0 amide bonds. The molecule has 0 spiro atoms. The van der Waals surface area contributed by atoms with E-state index in [0.717, 1.165) is 12.8 Å². The maximum atomic E-state index is 12.8. The van der Waals surface area contributed by atoms with Crippen LogP contribution in [0.25, 0.3) is 0 Å². The van der Waals surface area contributed by atoms with E-state index in [2.05, 4.69) is 5.32 Å². The number of benzene rings is 1. The number of nitrogens with one attached hydrogen (secondary N) is 1. The lowest BCUT2D eigenvalue weighted by molar-refractivity contribution is 0.292. The topological polar surface area (TPSA) is 49.4 Å². The number of rotatable bonds is 4. The molecule has 0 aliphatic carbocycles. The van der Waals surface area contributed by atoms with Crippen molar-refractivity contribution in [2.45, 2.75) is 44.0 Å². The van der Waals surface area contributed by atoms with E-state index < -0.39 is 10.0 Å². The molecule has 0 atom stereocenters. The zero-order valence-electron chi connectivity index (χ0n) is 11.8. The number of sulfonamides is 1. The molecule has 1 aromatic carbocycles. The summed E-state index contributed by atoms with van der Waals surface area (Å²) in [6, 6.07) is 7.13. The van der Waals surface area contributed by atoms with Crippen molar-refractivity contribution in [3.05, 3.63) is 24.3 Å². The number of nitrogens with zero attached hydrogens (tertiary/aromatic N) is 1. The van der Waals surface area contributed by atoms with E-state index in [1.165, 1.54) is 0 Å². The lowest BCUT2D eigenvalue weighted by Crippen LogP contribution is -2.42. The van der Waals surface area contributed by atoms with Crippen molar-refractivity contribution in [3.63, 3.8) is 0 Å². The highest BCUT2D eigenvalue weighted by Gasteiger charge is 2.41. The number of hydrogen-bond acceptors (Lipinski definition) is 3. The highest BCUT2D eigenvalue weighted by atomic mass is 32.2. The van der Waals surface area contributed by atoms with Gasteiger partial charge in [0.1, 0.15) is 4.90 Å². The fraction of sp³-hybridized carbons (Fsp3) is 0.571. The summed E-state index contributed by atoms with van der Waals surface area (Å²) in [5.74, 6) is 0. The van der Waals surface area contributed by atoms with Crippen LogP contribution in [0.4, 0.5) is 5.69 Å². The lowest BCUT2D eigenvalue weighted by Gasteiger charge is -2.31. The highest BCUT2D eigenvalue weighted by molar-refractivity contribution is 7.89. The third-order valence-corrected chi connectivity index (χ3v) is 5.82. The van der Waals surface area contributed by atoms with Gasteiger partial charge in [-0.15, -0.1) is 0 Å². The first-order valence-corrected chi connectivity index (χ1v) is 8.19. The summed E-state index contributed by atoms with van der Waals surface area (Å²) in [4.78, 5) is 0.381. The van der Waals surface area contributed by atoms with Gasteiger partial charge in [-0.05, 0) is 45.7 Å². The first-order valence-electron chi connectivity index (χ1n) is 6.75. The van der Waals surface area contributed by atoms with Crippen LogP contribution in [-0.2, 0) is 10.0 Å². The fourth-order valence-electron chi connectivity index (χ4n) is 2.67. The summed E-state index contributed by atoms with van der Waals surface area (Å²) in [6.45, 7) is 7.26. The molecule has 1 aliphatic rings. The van der Waals surface area contributed by atoms with Crippen LogP contribution in [0.15, 0.2) is 29.2 Å². The van der Waals surface area contributed by atoms with Gasteiger partial charge in [-0.1, -0.05) is 12.1 Å². The number of hydrogen-bond donors (Lipinski definition) is 1. The maximum Gasteiger partial charge on any atom is 0.245 e. The van der Waals surface area contributed by atoms with Gasteiger partial charge in [0.2, 0.25) is 10.0 Å². The smallest absolute Gasteiger partial charge is 0.245 e. The minimum Gasteiger partial charge on any atom is -0.384 e. The summed E-state index contributed by atoms with van der Waals surface area (Å²) in [5.41, 5.74) is 0.394. The predicted octanol–water partition coefficient (Wildman–Crippen LogP) is 2.68. The van der Waals surface area contributed by atoms with Crippen molar-refractivity contribution in [3.8, 4) is 0 Å². The Balaban J connectivity index is 2.45. The molecule has 1 aliphatic heterocycles. The Labute approximate surface area is 115 Å². The van der Waals surface area contributed by atoms with Crippen LogP contribution in [0.3, 0.4) is 0 Å². The molecule has 0 saturated carbocycles. The van der Waals surface area contributed by atoms with Crippen molar-refractivity contribution >= 4 is 15.7 Å². The molecule has 1 saturated heterocycles. The number of para-hydroxylation sites is 1. The predicted molar refractivity (Wildman–Crippen MR) is 77.8 cm³/mol. The van der Waals surface area contributed by atoms with Gasteiger partial charge >= 0.3 is 0 Å². The van der Waals surface area contributed by atoms with E-state index in [-0.39, 0.29) is 5.54 Å². The molecule has 1 N–H and O–H groups in total. The van der Waals surface area contributed by atoms with E-state index in [9.17, 15) is 8.42 Å². The zero-order valence-corrected chi connectivity index (χ0v) is 12.6. The van der Waals surface area contributed by atoms with Gasteiger partial charge in [0.05, 0.1) is 5.69 Å². The molecule has 4 nitrogen and oxygen atoms in total. The molecule has 1 heterocycles. The molecule has 5 heteroatoms. The largest absolute Gasteiger partial charge is 0.384 e. The highest BCUT2D eigenvalue weighted by Crippen LogP contribution is 2.35. The third kappa shape index (κ3) is 2.62. The fourth-order valence-corrected chi connectivity index (χ4v) is 4.69. The van der Waals surface area contributed by atoms with Crippen molar-refractivity contribution in [2.75, 3.05) is 18.4 Å². The molecule has 1 fully saturated rings. The Morgan fingerprint density at radius 2 is 2.00 bits per heavy atom. The Bertz CT molecular complexity index is 552. The summed E-state index contributed by atoms with van der Waals surface area (Å²) in [7, 11) is -3.43. The van der Waals surface area contributed by atoms with Gasteiger partial charge < -0.3 is 5.32 Å².